The Bertz CT molecular complexity index is 1080. The Morgan fingerprint density at radius 2 is 2.07 bits per heavy atom. The zero-order chi connectivity index (χ0) is 18.2. The molecule has 0 aliphatic heterocycles. The molecule has 3 aromatic heterocycles. The molecule has 27 heavy (non-hydrogen) atoms. The summed E-state index contributed by atoms with van der Waals surface area (Å²) in [5, 5.41) is 5.82. The second-order valence-electron chi connectivity index (χ2n) is 7.27. The molecule has 5 rings (SSSR count). The van der Waals surface area contributed by atoms with E-state index in [1.807, 2.05) is 12.3 Å². The highest BCUT2D eigenvalue weighted by molar-refractivity contribution is 7.80. The first kappa shape index (κ1) is 17.1. The smallest absolute Gasteiger partial charge is 0.184 e. The first-order chi connectivity index (χ1) is 13.3. The number of hydrogen-bond donors (Lipinski definition) is 3. The molecule has 0 spiro atoms. The van der Waals surface area contributed by atoms with Crippen molar-refractivity contribution in [2.75, 3.05) is 5.32 Å². The fraction of sp³-hybridized carbons (Fsp3) is 0.333. The molecule has 6 heteroatoms. The maximum atomic E-state index is 4.91. The Hall–Kier alpha value is -2.05. The van der Waals surface area contributed by atoms with Gasteiger partial charge in [-0.2, -0.15) is 12.6 Å². The van der Waals surface area contributed by atoms with E-state index in [4.69, 9.17) is 17.6 Å². The minimum Gasteiger partial charge on any atom is -0.359 e. The molecule has 4 aromatic rings. The molecule has 0 radical (unpaired) electrons. The number of H-pyrrole nitrogens is 1. The number of rotatable bonds is 4. The third-order valence-corrected chi connectivity index (χ3v) is 6.96. The number of hydrogen-bond acceptors (Lipinski definition) is 5. The third-order valence-electron chi connectivity index (χ3n) is 5.44. The first-order valence-corrected chi connectivity index (χ1v) is 10.9. The third kappa shape index (κ3) is 3.32. The number of aromatic nitrogens is 3. The Labute approximate surface area is 167 Å². The lowest BCUT2D eigenvalue weighted by Gasteiger charge is -2.22. The van der Waals surface area contributed by atoms with Gasteiger partial charge in [-0.1, -0.05) is 36.7 Å². The summed E-state index contributed by atoms with van der Waals surface area (Å²) in [7, 11) is 0. The van der Waals surface area contributed by atoms with E-state index in [0.717, 1.165) is 27.2 Å². The number of fused-ring (bicyclic) bond motifs is 2. The van der Waals surface area contributed by atoms with Gasteiger partial charge in [0.25, 0.3) is 0 Å². The van der Waals surface area contributed by atoms with Crippen LogP contribution < -0.4 is 5.32 Å². The normalized spacial score (nSPS) is 16.8. The summed E-state index contributed by atoms with van der Waals surface area (Å²) in [4.78, 5) is 12.4. The Morgan fingerprint density at radius 1 is 1.19 bits per heavy atom. The predicted molar refractivity (Wildman–Crippen MR) is 117 cm³/mol. The van der Waals surface area contributed by atoms with Crippen molar-refractivity contribution in [2.24, 2.45) is 0 Å². The van der Waals surface area contributed by atoms with Gasteiger partial charge in [0.1, 0.15) is 5.65 Å². The van der Waals surface area contributed by atoms with Gasteiger partial charge >= 0.3 is 0 Å². The molecule has 138 valence electrons. The van der Waals surface area contributed by atoms with Crippen molar-refractivity contribution in [3.05, 3.63) is 53.9 Å². The zero-order valence-electron chi connectivity index (χ0n) is 15.0. The number of nitrogens with zero attached hydrogens (tertiary/aromatic N) is 2. The SMILES string of the molecule is SC(c1ccc2nc(NC3CCCCC3)sc2c1)c1c[nH]c2ncccc12. The van der Waals surface area contributed by atoms with Crippen LogP contribution in [0.3, 0.4) is 0 Å². The summed E-state index contributed by atoms with van der Waals surface area (Å²) in [6.45, 7) is 0. The Balaban J connectivity index is 1.43. The molecule has 0 bridgehead atoms. The average Bonchev–Trinajstić information content (AvgIpc) is 3.31. The van der Waals surface area contributed by atoms with E-state index < -0.39 is 0 Å². The minimum atomic E-state index is 0.00389. The number of pyridine rings is 1. The van der Waals surface area contributed by atoms with Gasteiger partial charge in [0.2, 0.25) is 0 Å². The van der Waals surface area contributed by atoms with Gasteiger partial charge in [-0.15, -0.1) is 0 Å². The number of anilines is 1. The summed E-state index contributed by atoms with van der Waals surface area (Å²) in [5.74, 6) is 0. The second-order valence-corrected chi connectivity index (χ2v) is 8.82. The van der Waals surface area contributed by atoms with Crippen LogP contribution in [0.1, 0.15) is 48.5 Å². The van der Waals surface area contributed by atoms with E-state index in [9.17, 15) is 0 Å². The molecule has 2 N–H and O–H groups in total. The highest BCUT2D eigenvalue weighted by atomic mass is 32.1. The number of thiazole rings is 1. The molecular formula is C21H22N4S2. The summed E-state index contributed by atoms with van der Waals surface area (Å²) in [6, 6.07) is 11.1. The summed E-state index contributed by atoms with van der Waals surface area (Å²) in [6.07, 6.45) is 10.4. The first-order valence-electron chi connectivity index (χ1n) is 9.55. The van der Waals surface area contributed by atoms with E-state index >= 15 is 0 Å². The maximum Gasteiger partial charge on any atom is 0.184 e. The fourth-order valence-electron chi connectivity index (χ4n) is 3.98. The van der Waals surface area contributed by atoms with Crippen LogP contribution >= 0.6 is 24.0 Å². The van der Waals surface area contributed by atoms with Crippen molar-refractivity contribution in [2.45, 2.75) is 43.4 Å². The highest BCUT2D eigenvalue weighted by Gasteiger charge is 2.17. The summed E-state index contributed by atoms with van der Waals surface area (Å²) >= 11 is 6.66. The molecule has 0 saturated heterocycles. The van der Waals surface area contributed by atoms with Crippen LogP contribution in [0.15, 0.2) is 42.7 Å². The van der Waals surface area contributed by atoms with Crippen LogP contribution in [0.4, 0.5) is 5.13 Å². The molecule has 1 atom stereocenters. The van der Waals surface area contributed by atoms with Crippen molar-refractivity contribution >= 4 is 50.3 Å². The molecule has 1 aliphatic carbocycles. The number of aromatic amines is 1. The van der Waals surface area contributed by atoms with Crippen molar-refractivity contribution in [1.82, 2.24) is 15.0 Å². The predicted octanol–water partition coefficient (Wildman–Crippen LogP) is 5.94. The average molecular weight is 395 g/mol. The summed E-state index contributed by atoms with van der Waals surface area (Å²) < 4.78 is 1.21. The van der Waals surface area contributed by atoms with Crippen molar-refractivity contribution in [1.29, 1.82) is 0 Å². The Morgan fingerprint density at radius 3 is 2.96 bits per heavy atom. The molecule has 0 amide bonds. The molecule has 1 saturated carbocycles. The Kier molecular flexibility index (Phi) is 4.53. The lowest BCUT2D eigenvalue weighted by Crippen LogP contribution is -2.21. The largest absolute Gasteiger partial charge is 0.359 e. The van der Waals surface area contributed by atoms with Crippen molar-refractivity contribution in [3.63, 3.8) is 0 Å². The maximum absolute atomic E-state index is 4.91. The monoisotopic (exact) mass is 394 g/mol. The second kappa shape index (κ2) is 7.17. The molecule has 1 aromatic carbocycles. The number of nitrogens with one attached hydrogen (secondary N) is 2. The van der Waals surface area contributed by atoms with Gasteiger partial charge in [-0.25, -0.2) is 9.97 Å². The molecule has 3 heterocycles. The molecular weight excluding hydrogens is 372 g/mol. The van der Waals surface area contributed by atoms with E-state index in [-0.39, 0.29) is 5.25 Å². The molecule has 1 fully saturated rings. The number of benzene rings is 1. The van der Waals surface area contributed by atoms with Gasteiger partial charge < -0.3 is 10.3 Å². The quantitative estimate of drug-likeness (QED) is 0.376. The topological polar surface area (TPSA) is 53.6 Å². The van der Waals surface area contributed by atoms with Gasteiger partial charge in [0, 0.05) is 23.8 Å². The van der Waals surface area contributed by atoms with Crippen LogP contribution in [0, 0.1) is 0 Å². The van der Waals surface area contributed by atoms with Crippen LogP contribution in [0.2, 0.25) is 0 Å². The van der Waals surface area contributed by atoms with Crippen LogP contribution in [0.5, 0.6) is 0 Å². The molecule has 1 unspecified atom stereocenters. The van der Waals surface area contributed by atoms with Gasteiger partial charge in [0.15, 0.2) is 5.13 Å². The van der Waals surface area contributed by atoms with Crippen molar-refractivity contribution < 1.29 is 0 Å². The van der Waals surface area contributed by atoms with Gasteiger partial charge in [-0.05, 0) is 48.2 Å². The van der Waals surface area contributed by atoms with E-state index in [0.29, 0.717) is 6.04 Å². The lowest BCUT2D eigenvalue weighted by atomic mass is 9.96. The van der Waals surface area contributed by atoms with Gasteiger partial charge in [-0.3, -0.25) is 0 Å². The van der Waals surface area contributed by atoms with E-state index in [1.54, 1.807) is 17.5 Å². The fourth-order valence-corrected chi connectivity index (χ4v) is 5.34. The van der Waals surface area contributed by atoms with Gasteiger partial charge in [0.05, 0.1) is 15.5 Å². The minimum absolute atomic E-state index is 0.00389. The number of thiol groups is 1. The zero-order valence-corrected chi connectivity index (χ0v) is 16.7. The van der Waals surface area contributed by atoms with Crippen LogP contribution in [-0.2, 0) is 0 Å². The van der Waals surface area contributed by atoms with Crippen molar-refractivity contribution in [3.8, 4) is 0 Å². The summed E-state index contributed by atoms with van der Waals surface area (Å²) in [5.41, 5.74) is 4.31. The molecule has 4 nitrogen and oxygen atoms in total. The van der Waals surface area contributed by atoms with Crippen LogP contribution in [-0.4, -0.2) is 21.0 Å². The van der Waals surface area contributed by atoms with Crippen LogP contribution in [0.25, 0.3) is 21.3 Å². The standard InChI is InChI=1S/C21H22N4S2/c26-19(16-12-23-20-15(16)7-4-10-22-20)13-8-9-17-18(11-13)27-21(25-17)24-14-5-2-1-3-6-14/h4,7-12,14,19,26H,1-3,5-6H2,(H,22,23)(H,24,25). The molecule has 1 aliphatic rings. The van der Waals surface area contributed by atoms with E-state index in [2.05, 4.69) is 39.6 Å². The van der Waals surface area contributed by atoms with E-state index in [1.165, 1.54) is 42.4 Å². The highest BCUT2D eigenvalue weighted by Crippen LogP contribution is 2.36. The lowest BCUT2D eigenvalue weighted by molar-refractivity contribution is 0.462.